The van der Waals surface area contributed by atoms with Crippen LogP contribution in [0.3, 0.4) is 0 Å². The Hall–Kier alpha value is -0.670. The maximum absolute atomic E-state index is 9.45. The average Bonchev–Trinajstić information content (AvgIpc) is 2.30. The summed E-state index contributed by atoms with van der Waals surface area (Å²) in [5.41, 5.74) is 0. The summed E-state index contributed by atoms with van der Waals surface area (Å²) >= 11 is 1.94. The molecule has 0 radical (unpaired) electrons. The van der Waals surface area contributed by atoms with Gasteiger partial charge in [0.15, 0.2) is 0 Å². The van der Waals surface area contributed by atoms with Crippen LogP contribution in [-0.4, -0.2) is 34.9 Å². The summed E-state index contributed by atoms with van der Waals surface area (Å²) in [6, 6.07) is 7.64. The molecule has 1 atom stereocenters. The molecule has 1 N–H and O–H groups in total. The lowest BCUT2D eigenvalue weighted by Crippen LogP contribution is -2.48. The maximum Gasteiger partial charge on any atom is 0.116 e. The Bertz CT molecular complexity index is 374. The van der Waals surface area contributed by atoms with Crippen LogP contribution in [0.2, 0.25) is 0 Å². The predicted molar refractivity (Wildman–Crippen MR) is 66.9 cm³/mol. The number of phenolic OH excluding ortho intramolecular Hbond substituents is 1. The number of thioether (sulfide) groups is 1. The molecule has 0 aliphatic carbocycles. The van der Waals surface area contributed by atoms with Gasteiger partial charge in [-0.1, -0.05) is 6.07 Å². The predicted octanol–water partition coefficient (Wildman–Crippen LogP) is 2.58. The van der Waals surface area contributed by atoms with Crippen molar-refractivity contribution in [3.8, 4) is 5.75 Å². The van der Waals surface area contributed by atoms with E-state index in [4.69, 9.17) is 0 Å². The molecule has 0 spiro atoms. The van der Waals surface area contributed by atoms with Crippen molar-refractivity contribution in [2.24, 2.45) is 5.92 Å². The Kier molecular flexibility index (Phi) is 2.82. The van der Waals surface area contributed by atoms with E-state index in [9.17, 15) is 5.11 Å². The van der Waals surface area contributed by atoms with Crippen LogP contribution >= 0.6 is 11.8 Å². The molecule has 0 aromatic heterocycles. The van der Waals surface area contributed by atoms with Gasteiger partial charge in [0.05, 0.1) is 0 Å². The number of rotatable bonds is 2. The first-order chi connectivity index (χ1) is 7.81. The van der Waals surface area contributed by atoms with Crippen LogP contribution in [0.5, 0.6) is 5.75 Å². The molecule has 3 aliphatic heterocycles. The summed E-state index contributed by atoms with van der Waals surface area (Å²) in [5, 5.41) is 10.2. The Morgan fingerprint density at radius 3 is 2.69 bits per heavy atom. The molecule has 1 aromatic rings. The summed E-state index contributed by atoms with van der Waals surface area (Å²) in [4.78, 5) is 3.78. The van der Waals surface area contributed by atoms with Gasteiger partial charge in [0.2, 0.25) is 0 Å². The lowest BCUT2D eigenvalue weighted by molar-refractivity contribution is 0.118. The average molecular weight is 235 g/mol. The number of fused-ring (bicyclic) bond motifs is 3. The zero-order valence-electron chi connectivity index (χ0n) is 9.30. The molecule has 2 nitrogen and oxygen atoms in total. The van der Waals surface area contributed by atoms with E-state index >= 15 is 0 Å². The van der Waals surface area contributed by atoms with Crippen molar-refractivity contribution in [3.63, 3.8) is 0 Å². The molecule has 3 aliphatic rings. The lowest BCUT2D eigenvalue weighted by Gasteiger charge is -2.44. The highest BCUT2D eigenvalue weighted by Crippen LogP contribution is 2.38. The topological polar surface area (TPSA) is 23.5 Å². The van der Waals surface area contributed by atoms with E-state index in [1.165, 1.54) is 37.4 Å². The van der Waals surface area contributed by atoms with E-state index in [1.54, 1.807) is 6.07 Å². The SMILES string of the molecule is Oc1cccc(SC2CN3CCC2CC3)c1. The van der Waals surface area contributed by atoms with Crippen molar-refractivity contribution >= 4 is 11.8 Å². The van der Waals surface area contributed by atoms with Crippen molar-refractivity contribution in [1.29, 1.82) is 0 Å². The Morgan fingerprint density at radius 1 is 1.25 bits per heavy atom. The molecule has 3 saturated heterocycles. The van der Waals surface area contributed by atoms with Crippen LogP contribution in [0.15, 0.2) is 29.2 Å². The van der Waals surface area contributed by atoms with Gasteiger partial charge >= 0.3 is 0 Å². The second-order valence-electron chi connectivity index (χ2n) is 4.79. The van der Waals surface area contributed by atoms with Gasteiger partial charge in [0, 0.05) is 16.7 Å². The standard InChI is InChI=1S/C13H17NOS/c15-11-2-1-3-12(8-11)16-13-9-14-6-4-10(13)5-7-14/h1-3,8,10,13,15H,4-7,9H2. The first-order valence-electron chi connectivity index (χ1n) is 5.99. The van der Waals surface area contributed by atoms with E-state index in [1.807, 2.05) is 23.9 Å². The van der Waals surface area contributed by atoms with Crippen molar-refractivity contribution in [3.05, 3.63) is 24.3 Å². The Balaban J connectivity index is 1.71. The molecule has 1 aromatic carbocycles. The highest BCUT2D eigenvalue weighted by atomic mass is 32.2. The molecule has 0 amide bonds. The summed E-state index contributed by atoms with van der Waals surface area (Å²) in [6.07, 6.45) is 2.72. The first-order valence-corrected chi connectivity index (χ1v) is 6.87. The quantitative estimate of drug-likeness (QED) is 0.852. The van der Waals surface area contributed by atoms with Gasteiger partial charge < -0.3 is 10.0 Å². The van der Waals surface area contributed by atoms with E-state index in [2.05, 4.69) is 11.0 Å². The summed E-state index contributed by atoms with van der Waals surface area (Å²) in [5.74, 6) is 1.27. The first kappa shape index (κ1) is 10.5. The highest BCUT2D eigenvalue weighted by molar-refractivity contribution is 8.00. The van der Waals surface area contributed by atoms with E-state index in [-0.39, 0.29) is 0 Å². The van der Waals surface area contributed by atoms with E-state index in [0.717, 1.165) is 11.2 Å². The van der Waals surface area contributed by atoms with E-state index in [0.29, 0.717) is 5.75 Å². The summed E-state index contributed by atoms with van der Waals surface area (Å²) < 4.78 is 0. The number of aromatic hydroxyl groups is 1. The molecule has 1 unspecified atom stereocenters. The van der Waals surface area contributed by atoms with Gasteiger partial charge in [0.1, 0.15) is 5.75 Å². The van der Waals surface area contributed by atoms with Gasteiger partial charge in [-0.2, -0.15) is 0 Å². The molecular formula is C13H17NOS. The fourth-order valence-electron chi connectivity index (χ4n) is 2.78. The van der Waals surface area contributed by atoms with Gasteiger partial charge in [-0.25, -0.2) is 0 Å². The zero-order valence-corrected chi connectivity index (χ0v) is 10.1. The summed E-state index contributed by atoms with van der Waals surface area (Å²) in [7, 11) is 0. The van der Waals surface area contributed by atoms with Gasteiger partial charge in [-0.3, -0.25) is 0 Å². The second kappa shape index (κ2) is 4.30. The third kappa shape index (κ3) is 2.06. The number of hydrogen-bond donors (Lipinski definition) is 1. The molecule has 3 heterocycles. The third-order valence-electron chi connectivity index (χ3n) is 3.70. The number of hydrogen-bond acceptors (Lipinski definition) is 3. The lowest BCUT2D eigenvalue weighted by atomic mass is 9.88. The smallest absolute Gasteiger partial charge is 0.116 e. The molecule has 0 saturated carbocycles. The molecule has 4 rings (SSSR count). The highest BCUT2D eigenvalue weighted by Gasteiger charge is 2.34. The van der Waals surface area contributed by atoms with Crippen LogP contribution < -0.4 is 0 Å². The fourth-order valence-corrected chi connectivity index (χ4v) is 4.22. The molecule has 2 bridgehead atoms. The largest absolute Gasteiger partial charge is 0.508 e. The van der Waals surface area contributed by atoms with Crippen molar-refractivity contribution in [2.75, 3.05) is 19.6 Å². The minimum Gasteiger partial charge on any atom is -0.508 e. The Labute approximate surface area is 101 Å². The zero-order chi connectivity index (χ0) is 11.0. The molecular weight excluding hydrogens is 218 g/mol. The normalized spacial score (nSPS) is 32.9. The monoisotopic (exact) mass is 235 g/mol. The van der Waals surface area contributed by atoms with Crippen LogP contribution in [0.4, 0.5) is 0 Å². The van der Waals surface area contributed by atoms with Crippen LogP contribution in [-0.2, 0) is 0 Å². The molecule has 16 heavy (non-hydrogen) atoms. The Morgan fingerprint density at radius 2 is 2.06 bits per heavy atom. The minimum absolute atomic E-state index is 0.381. The number of nitrogens with zero attached hydrogens (tertiary/aromatic N) is 1. The number of benzene rings is 1. The second-order valence-corrected chi connectivity index (χ2v) is 6.10. The van der Waals surface area contributed by atoms with Gasteiger partial charge in [-0.05, 0) is 50.0 Å². The molecule has 86 valence electrons. The third-order valence-corrected chi connectivity index (χ3v) is 5.06. The van der Waals surface area contributed by atoms with Gasteiger partial charge in [-0.15, -0.1) is 11.8 Å². The van der Waals surface area contributed by atoms with E-state index < -0.39 is 0 Å². The number of phenols is 1. The van der Waals surface area contributed by atoms with Crippen molar-refractivity contribution in [2.45, 2.75) is 23.0 Å². The van der Waals surface area contributed by atoms with Crippen LogP contribution in [0.25, 0.3) is 0 Å². The fraction of sp³-hybridized carbons (Fsp3) is 0.538. The molecule has 3 fully saturated rings. The summed E-state index contributed by atoms with van der Waals surface area (Å²) in [6.45, 7) is 3.81. The minimum atomic E-state index is 0.381. The van der Waals surface area contributed by atoms with Crippen molar-refractivity contribution in [1.82, 2.24) is 4.90 Å². The van der Waals surface area contributed by atoms with Crippen molar-refractivity contribution < 1.29 is 5.11 Å². The number of piperidine rings is 3. The molecule has 3 heteroatoms. The van der Waals surface area contributed by atoms with Crippen LogP contribution in [0, 0.1) is 5.92 Å². The van der Waals surface area contributed by atoms with Crippen LogP contribution in [0.1, 0.15) is 12.8 Å². The van der Waals surface area contributed by atoms with Gasteiger partial charge in [0.25, 0.3) is 0 Å². The maximum atomic E-state index is 9.45.